The predicted molar refractivity (Wildman–Crippen MR) is 87.8 cm³/mol. The molecule has 2 heterocycles. The van der Waals surface area contributed by atoms with E-state index in [-0.39, 0.29) is 0 Å². The van der Waals surface area contributed by atoms with Crippen molar-refractivity contribution in [2.45, 2.75) is 57.6 Å². The fourth-order valence-electron chi connectivity index (χ4n) is 3.22. The maximum atomic E-state index is 5.61. The lowest BCUT2D eigenvalue weighted by molar-refractivity contribution is 0.113. The summed E-state index contributed by atoms with van der Waals surface area (Å²) in [5.74, 6) is 0.900. The van der Waals surface area contributed by atoms with Gasteiger partial charge in [-0.2, -0.15) is 0 Å². The van der Waals surface area contributed by atoms with Crippen LogP contribution >= 0.6 is 0 Å². The van der Waals surface area contributed by atoms with Crippen LogP contribution in [-0.4, -0.2) is 62.8 Å². The summed E-state index contributed by atoms with van der Waals surface area (Å²) in [5, 5.41) is 6.76. The Kier molecular flexibility index (Phi) is 7.30. The molecule has 2 aliphatic rings. The molecule has 2 atom stereocenters. The predicted octanol–water partition coefficient (Wildman–Crippen LogP) is 1.59. The second-order valence-corrected chi connectivity index (χ2v) is 6.25. The Hall–Kier alpha value is -0.810. The molecule has 0 bridgehead atoms. The van der Waals surface area contributed by atoms with Crippen molar-refractivity contribution in [1.82, 2.24) is 15.5 Å². The first-order chi connectivity index (χ1) is 10.3. The minimum atomic E-state index is 0.359. The number of guanidine groups is 1. The molecule has 0 amide bonds. The minimum absolute atomic E-state index is 0.359. The molecule has 0 aromatic rings. The maximum absolute atomic E-state index is 5.61. The first kappa shape index (κ1) is 16.6. The van der Waals surface area contributed by atoms with Crippen LogP contribution in [-0.2, 0) is 4.74 Å². The van der Waals surface area contributed by atoms with E-state index in [2.05, 4.69) is 27.4 Å². The molecule has 2 N–H and O–H groups in total. The number of ether oxygens (including phenoxy) is 1. The number of hydrogen-bond acceptors (Lipinski definition) is 3. The number of aliphatic imine (C=N–C) groups is 1. The Morgan fingerprint density at radius 3 is 2.86 bits per heavy atom. The minimum Gasteiger partial charge on any atom is -0.376 e. The molecule has 2 unspecified atom stereocenters. The van der Waals surface area contributed by atoms with Crippen LogP contribution in [0.3, 0.4) is 0 Å². The number of likely N-dealkylation sites (tertiary alicyclic amines) is 1. The highest BCUT2D eigenvalue weighted by Crippen LogP contribution is 2.16. The van der Waals surface area contributed by atoms with E-state index in [1.54, 1.807) is 0 Å². The van der Waals surface area contributed by atoms with E-state index in [0.29, 0.717) is 6.10 Å². The average molecular weight is 296 g/mol. The Balaban J connectivity index is 1.55. The van der Waals surface area contributed by atoms with E-state index in [1.807, 2.05) is 7.05 Å². The number of nitrogens with zero attached hydrogens (tertiary/aromatic N) is 2. The van der Waals surface area contributed by atoms with Crippen molar-refractivity contribution in [1.29, 1.82) is 0 Å². The zero-order chi connectivity index (χ0) is 14.9. The summed E-state index contributed by atoms with van der Waals surface area (Å²) in [4.78, 5) is 6.89. The molecule has 0 spiro atoms. The van der Waals surface area contributed by atoms with Crippen LogP contribution in [0.4, 0.5) is 0 Å². The molecule has 5 heteroatoms. The molecular formula is C16H32N4O. The van der Waals surface area contributed by atoms with Gasteiger partial charge in [0, 0.05) is 39.3 Å². The van der Waals surface area contributed by atoms with Gasteiger partial charge >= 0.3 is 0 Å². The largest absolute Gasteiger partial charge is 0.376 e. The van der Waals surface area contributed by atoms with E-state index in [0.717, 1.165) is 38.1 Å². The maximum Gasteiger partial charge on any atom is 0.191 e. The van der Waals surface area contributed by atoms with E-state index < -0.39 is 0 Å². The molecule has 2 saturated heterocycles. The van der Waals surface area contributed by atoms with E-state index >= 15 is 0 Å². The lowest BCUT2D eigenvalue weighted by atomic mass is 10.0. The van der Waals surface area contributed by atoms with Crippen LogP contribution in [0.15, 0.2) is 4.99 Å². The highest BCUT2D eigenvalue weighted by Gasteiger charge is 2.17. The van der Waals surface area contributed by atoms with Crippen molar-refractivity contribution in [3.05, 3.63) is 0 Å². The van der Waals surface area contributed by atoms with Crippen LogP contribution in [0.1, 0.15) is 45.4 Å². The van der Waals surface area contributed by atoms with Crippen LogP contribution in [0, 0.1) is 0 Å². The topological polar surface area (TPSA) is 48.9 Å². The molecule has 2 rings (SSSR count). The Labute approximate surface area is 129 Å². The van der Waals surface area contributed by atoms with Gasteiger partial charge in [-0.25, -0.2) is 0 Å². The van der Waals surface area contributed by atoms with Gasteiger partial charge in [-0.15, -0.1) is 0 Å². The summed E-state index contributed by atoms with van der Waals surface area (Å²) in [5.41, 5.74) is 0. The summed E-state index contributed by atoms with van der Waals surface area (Å²) >= 11 is 0. The van der Waals surface area contributed by atoms with Crippen molar-refractivity contribution in [2.24, 2.45) is 4.99 Å². The molecule has 0 saturated carbocycles. The zero-order valence-corrected chi connectivity index (χ0v) is 13.7. The number of nitrogens with one attached hydrogen (secondary N) is 2. The Morgan fingerprint density at radius 2 is 2.14 bits per heavy atom. The zero-order valence-electron chi connectivity index (χ0n) is 13.7. The first-order valence-electron chi connectivity index (χ1n) is 8.60. The van der Waals surface area contributed by atoms with Crippen molar-refractivity contribution < 1.29 is 4.74 Å². The van der Waals surface area contributed by atoms with Crippen LogP contribution in [0.5, 0.6) is 0 Å². The Morgan fingerprint density at radius 1 is 1.24 bits per heavy atom. The second-order valence-electron chi connectivity index (χ2n) is 6.25. The van der Waals surface area contributed by atoms with Crippen LogP contribution in [0.2, 0.25) is 0 Å². The van der Waals surface area contributed by atoms with Gasteiger partial charge < -0.3 is 20.3 Å². The fourth-order valence-corrected chi connectivity index (χ4v) is 3.22. The third-order valence-electron chi connectivity index (χ3n) is 4.60. The average Bonchev–Trinajstić information content (AvgIpc) is 3.01. The summed E-state index contributed by atoms with van der Waals surface area (Å²) in [6.07, 6.45) is 8.00. The lowest BCUT2D eigenvalue weighted by Crippen LogP contribution is -2.43. The van der Waals surface area contributed by atoms with Gasteiger partial charge in [-0.05, 0) is 45.6 Å². The van der Waals surface area contributed by atoms with Gasteiger partial charge in [0.1, 0.15) is 0 Å². The highest BCUT2D eigenvalue weighted by atomic mass is 16.5. The second kappa shape index (κ2) is 9.26. The first-order valence-corrected chi connectivity index (χ1v) is 8.60. The normalized spacial score (nSPS) is 27.8. The molecule has 5 nitrogen and oxygen atoms in total. The molecule has 0 radical (unpaired) electrons. The summed E-state index contributed by atoms with van der Waals surface area (Å²) in [6, 6.07) is 0.760. The van der Waals surface area contributed by atoms with Gasteiger partial charge in [0.15, 0.2) is 5.96 Å². The molecule has 0 aliphatic carbocycles. The van der Waals surface area contributed by atoms with Crippen molar-refractivity contribution in [3.8, 4) is 0 Å². The van der Waals surface area contributed by atoms with E-state index in [4.69, 9.17) is 4.74 Å². The summed E-state index contributed by atoms with van der Waals surface area (Å²) in [7, 11) is 1.83. The monoisotopic (exact) mass is 296 g/mol. The number of rotatable bonds is 6. The summed E-state index contributed by atoms with van der Waals surface area (Å²) < 4.78 is 5.61. The molecule has 0 aromatic carbocycles. The molecule has 0 aromatic heterocycles. The quantitative estimate of drug-likeness (QED) is 0.444. The van der Waals surface area contributed by atoms with Crippen molar-refractivity contribution in [3.63, 3.8) is 0 Å². The van der Waals surface area contributed by atoms with Crippen LogP contribution < -0.4 is 10.6 Å². The smallest absolute Gasteiger partial charge is 0.191 e. The van der Waals surface area contributed by atoms with Crippen molar-refractivity contribution in [2.75, 3.05) is 39.8 Å². The van der Waals surface area contributed by atoms with Gasteiger partial charge in [0.25, 0.3) is 0 Å². The summed E-state index contributed by atoms with van der Waals surface area (Å²) in [6.45, 7) is 7.57. The van der Waals surface area contributed by atoms with Gasteiger partial charge in [-0.1, -0.05) is 6.42 Å². The number of hydrogen-bond donors (Lipinski definition) is 2. The standard InChI is InChI=1S/C16H32N4O/c1-14-7-3-4-10-20(14)11-6-9-18-16(17-2)19-13-15-8-5-12-21-15/h14-15H,3-13H2,1-2H3,(H2,17,18,19). The molecule has 2 fully saturated rings. The highest BCUT2D eigenvalue weighted by molar-refractivity contribution is 5.79. The lowest BCUT2D eigenvalue weighted by Gasteiger charge is -2.33. The van der Waals surface area contributed by atoms with E-state index in [9.17, 15) is 0 Å². The molecule has 21 heavy (non-hydrogen) atoms. The SMILES string of the molecule is CN=C(NCCCN1CCCCC1C)NCC1CCCO1. The molecular weight excluding hydrogens is 264 g/mol. The molecule has 122 valence electrons. The number of piperidine rings is 1. The van der Waals surface area contributed by atoms with Crippen LogP contribution in [0.25, 0.3) is 0 Å². The third-order valence-corrected chi connectivity index (χ3v) is 4.60. The fraction of sp³-hybridized carbons (Fsp3) is 0.938. The van der Waals surface area contributed by atoms with Gasteiger partial charge in [0.05, 0.1) is 6.10 Å². The molecule has 2 aliphatic heterocycles. The third kappa shape index (κ3) is 5.83. The van der Waals surface area contributed by atoms with E-state index in [1.165, 1.54) is 45.2 Å². The van der Waals surface area contributed by atoms with Gasteiger partial charge in [0.2, 0.25) is 0 Å². The van der Waals surface area contributed by atoms with Gasteiger partial charge in [-0.3, -0.25) is 4.99 Å². The Bertz CT molecular complexity index is 315. The van der Waals surface area contributed by atoms with Crippen molar-refractivity contribution >= 4 is 5.96 Å².